The van der Waals surface area contributed by atoms with E-state index in [-0.39, 0.29) is 0 Å². The molecule has 0 radical (unpaired) electrons. The van der Waals surface area contributed by atoms with Gasteiger partial charge in [0, 0.05) is 0 Å². The summed E-state index contributed by atoms with van der Waals surface area (Å²) in [5, 5.41) is 12.2. The fourth-order valence-corrected chi connectivity index (χ4v) is 3.08. The van der Waals surface area contributed by atoms with Crippen molar-refractivity contribution in [3.63, 3.8) is 0 Å². The van der Waals surface area contributed by atoms with E-state index in [9.17, 15) is 14.9 Å². The number of nitrogens with zero attached hydrogens (tertiary/aromatic N) is 1. The van der Waals surface area contributed by atoms with E-state index in [1.54, 1.807) is 6.07 Å². The molecule has 2 rings (SSSR count). The summed E-state index contributed by atoms with van der Waals surface area (Å²) < 4.78 is 5.29. The van der Waals surface area contributed by atoms with Crippen LogP contribution in [0.15, 0.2) is 18.2 Å². The highest BCUT2D eigenvalue weighted by molar-refractivity contribution is 5.93. The second-order valence-corrected chi connectivity index (χ2v) is 6.61. The number of hydrogen-bond donors (Lipinski definition) is 1. The predicted octanol–water partition coefficient (Wildman–Crippen LogP) is 3.19. The third-order valence-corrected chi connectivity index (χ3v) is 4.54. The molecule has 5 nitrogen and oxygen atoms in total. The van der Waals surface area contributed by atoms with Crippen molar-refractivity contribution in [2.24, 2.45) is 0 Å². The van der Waals surface area contributed by atoms with Gasteiger partial charge in [0.1, 0.15) is 5.54 Å². The van der Waals surface area contributed by atoms with E-state index < -0.39 is 23.5 Å². The van der Waals surface area contributed by atoms with E-state index in [0.717, 1.165) is 30.4 Å². The van der Waals surface area contributed by atoms with Crippen molar-refractivity contribution in [2.75, 3.05) is 0 Å². The zero-order chi connectivity index (χ0) is 17.7. The maximum Gasteiger partial charge on any atom is 0.339 e. The van der Waals surface area contributed by atoms with Gasteiger partial charge < -0.3 is 10.1 Å². The van der Waals surface area contributed by atoms with Gasteiger partial charge >= 0.3 is 5.97 Å². The molecule has 0 aromatic heterocycles. The number of hydrogen-bond acceptors (Lipinski definition) is 4. The summed E-state index contributed by atoms with van der Waals surface area (Å²) in [4.78, 5) is 24.6. The minimum Gasteiger partial charge on any atom is -0.449 e. The molecular formula is C19H24N2O3. The Kier molecular flexibility index (Phi) is 5.61. The number of carbonyl (C=O) groups excluding carboxylic acids is 2. The molecule has 0 bridgehead atoms. The van der Waals surface area contributed by atoms with Gasteiger partial charge in [0.15, 0.2) is 6.10 Å². The summed E-state index contributed by atoms with van der Waals surface area (Å²) in [5.41, 5.74) is 1.50. The molecule has 1 amide bonds. The fraction of sp³-hybridized carbons (Fsp3) is 0.526. The van der Waals surface area contributed by atoms with Crippen LogP contribution in [-0.2, 0) is 9.53 Å². The lowest BCUT2D eigenvalue weighted by atomic mass is 9.83. The second kappa shape index (κ2) is 7.48. The summed E-state index contributed by atoms with van der Waals surface area (Å²) in [6, 6.07) is 7.67. The van der Waals surface area contributed by atoms with E-state index in [2.05, 4.69) is 11.4 Å². The summed E-state index contributed by atoms with van der Waals surface area (Å²) in [6.45, 7) is 5.31. The topological polar surface area (TPSA) is 79.2 Å². The van der Waals surface area contributed by atoms with E-state index in [0.29, 0.717) is 18.4 Å². The first-order chi connectivity index (χ1) is 11.4. The normalized spacial score (nSPS) is 17.4. The van der Waals surface area contributed by atoms with Crippen molar-refractivity contribution in [2.45, 2.75) is 64.5 Å². The Bertz CT molecular complexity index is 670. The smallest absolute Gasteiger partial charge is 0.339 e. The lowest BCUT2D eigenvalue weighted by molar-refractivity contribution is -0.130. The van der Waals surface area contributed by atoms with Crippen LogP contribution in [0.3, 0.4) is 0 Å². The highest BCUT2D eigenvalue weighted by atomic mass is 16.5. The lowest BCUT2D eigenvalue weighted by Crippen LogP contribution is -2.52. The molecule has 1 unspecified atom stereocenters. The maximum atomic E-state index is 12.3. The molecule has 1 aliphatic rings. The first-order valence-corrected chi connectivity index (χ1v) is 8.38. The quantitative estimate of drug-likeness (QED) is 0.861. The Labute approximate surface area is 143 Å². The molecular weight excluding hydrogens is 304 g/mol. The third-order valence-electron chi connectivity index (χ3n) is 4.54. The summed E-state index contributed by atoms with van der Waals surface area (Å²) in [6.07, 6.45) is 3.27. The van der Waals surface area contributed by atoms with Crippen LogP contribution in [0.2, 0.25) is 0 Å². The van der Waals surface area contributed by atoms with Crippen LogP contribution in [0.1, 0.15) is 60.5 Å². The molecule has 1 aliphatic carbocycles. The highest BCUT2D eigenvalue weighted by Crippen LogP contribution is 2.27. The zero-order valence-corrected chi connectivity index (χ0v) is 14.5. The van der Waals surface area contributed by atoms with Gasteiger partial charge in [-0.15, -0.1) is 0 Å². The van der Waals surface area contributed by atoms with E-state index in [1.807, 2.05) is 26.0 Å². The van der Waals surface area contributed by atoms with Crippen molar-refractivity contribution in [3.8, 4) is 6.07 Å². The average molecular weight is 328 g/mol. The van der Waals surface area contributed by atoms with Gasteiger partial charge in [-0.3, -0.25) is 4.79 Å². The Morgan fingerprint density at radius 1 is 1.25 bits per heavy atom. The molecule has 1 N–H and O–H groups in total. The van der Waals surface area contributed by atoms with Crippen LogP contribution in [0, 0.1) is 25.2 Å². The van der Waals surface area contributed by atoms with Gasteiger partial charge in [-0.25, -0.2) is 4.79 Å². The van der Waals surface area contributed by atoms with Crippen LogP contribution in [0.5, 0.6) is 0 Å². The van der Waals surface area contributed by atoms with Crippen LogP contribution in [0.4, 0.5) is 0 Å². The van der Waals surface area contributed by atoms with Gasteiger partial charge in [0.25, 0.3) is 5.91 Å². The number of nitrogens with one attached hydrogen (secondary N) is 1. The molecule has 1 saturated carbocycles. The first-order valence-electron chi connectivity index (χ1n) is 8.38. The Hall–Kier alpha value is -2.35. The fourth-order valence-electron chi connectivity index (χ4n) is 3.08. The molecule has 0 spiro atoms. The zero-order valence-electron chi connectivity index (χ0n) is 14.5. The largest absolute Gasteiger partial charge is 0.449 e. The van der Waals surface area contributed by atoms with Crippen molar-refractivity contribution in [1.82, 2.24) is 5.32 Å². The van der Waals surface area contributed by atoms with E-state index in [4.69, 9.17) is 4.74 Å². The van der Waals surface area contributed by atoms with E-state index in [1.165, 1.54) is 6.92 Å². The van der Waals surface area contributed by atoms with Crippen molar-refractivity contribution in [1.29, 1.82) is 5.26 Å². The number of esters is 1. The molecule has 5 heteroatoms. The number of rotatable bonds is 4. The van der Waals surface area contributed by atoms with Crippen LogP contribution in [-0.4, -0.2) is 23.5 Å². The number of ether oxygens (including phenoxy) is 1. The Morgan fingerprint density at radius 2 is 1.92 bits per heavy atom. The second-order valence-electron chi connectivity index (χ2n) is 6.61. The lowest BCUT2D eigenvalue weighted by Gasteiger charge is -2.32. The van der Waals surface area contributed by atoms with Crippen molar-refractivity contribution < 1.29 is 14.3 Å². The number of benzene rings is 1. The number of aryl methyl sites for hydroxylation is 2. The number of amides is 1. The van der Waals surface area contributed by atoms with Gasteiger partial charge in [0.2, 0.25) is 0 Å². The van der Waals surface area contributed by atoms with Gasteiger partial charge in [-0.1, -0.05) is 37.0 Å². The predicted molar refractivity (Wildman–Crippen MR) is 90.4 cm³/mol. The summed E-state index contributed by atoms with van der Waals surface area (Å²) >= 11 is 0. The van der Waals surface area contributed by atoms with Crippen LogP contribution >= 0.6 is 0 Å². The molecule has 1 aromatic carbocycles. The summed E-state index contributed by atoms with van der Waals surface area (Å²) in [5.74, 6) is -0.943. The summed E-state index contributed by atoms with van der Waals surface area (Å²) in [7, 11) is 0. The molecule has 1 atom stereocenters. The molecule has 1 aromatic rings. The average Bonchev–Trinajstić information content (AvgIpc) is 2.55. The molecule has 24 heavy (non-hydrogen) atoms. The third kappa shape index (κ3) is 4.14. The molecule has 0 aliphatic heterocycles. The Morgan fingerprint density at radius 3 is 2.50 bits per heavy atom. The highest BCUT2D eigenvalue weighted by Gasteiger charge is 2.35. The standard InChI is InChI=1S/C19H24N2O3/c1-13-7-8-16(14(2)11-13)18(23)24-15(3)17(22)21-19(12-20)9-5-4-6-10-19/h7-8,11,15H,4-6,9-10H2,1-3H3,(H,21,22). The molecule has 128 valence electrons. The maximum absolute atomic E-state index is 12.3. The molecule has 0 saturated heterocycles. The van der Waals surface area contributed by atoms with Crippen molar-refractivity contribution in [3.05, 3.63) is 34.9 Å². The van der Waals surface area contributed by atoms with E-state index >= 15 is 0 Å². The first kappa shape index (κ1) is 18.0. The molecule has 0 heterocycles. The number of carbonyl (C=O) groups is 2. The van der Waals surface area contributed by atoms with Crippen LogP contribution in [0.25, 0.3) is 0 Å². The SMILES string of the molecule is Cc1ccc(C(=O)OC(C)C(=O)NC2(C#N)CCCCC2)c(C)c1. The monoisotopic (exact) mass is 328 g/mol. The molecule has 1 fully saturated rings. The van der Waals surface area contributed by atoms with Crippen LogP contribution < -0.4 is 5.32 Å². The van der Waals surface area contributed by atoms with Gasteiger partial charge in [-0.05, 0) is 45.2 Å². The minimum atomic E-state index is -0.939. The minimum absolute atomic E-state index is 0.420. The van der Waals surface area contributed by atoms with Gasteiger partial charge in [0.05, 0.1) is 11.6 Å². The Balaban J connectivity index is 2.00. The van der Waals surface area contributed by atoms with Gasteiger partial charge in [-0.2, -0.15) is 5.26 Å². The number of nitriles is 1. The van der Waals surface area contributed by atoms with Crippen molar-refractivity contribution >= 4 is 11.9 Å².